The molecule has 14 heavy (non-hydrogen) atoms. The third kappa shape index (κ3) is 3.85. The zero-order valence-electron chi connectivity index (χ0n) is 8.26. The Bertz CT molecular complexity index is 238. The summed E-state index contributed by atoms with van der Waals surface area (Å²) in [5.74, 6) is 0. The molecule has 0 aliphatic carbocycles. The molecule has 1 rings (SSSR count). The van der Waals surface area contributed by atoms with Crippen LogP contribution in [0.1, 0.15) is 37.4 Å². The molecule has 2 N–H and O–H groups in total. The Morgan fingerprint density at radius 1 is 1.29 bits per heavy atom. The van der Waals surface area contributed by atoms with Gasteiger partial charge in [-0.25, -0.2) is 0 Å². The first-order valence-corrected chi connectivity index (χ1v) is 5.03. The minimum Gasteiger partial charge on any atom is -0.396 e. The molecule has 1 aromatic rings. The van der Waals surface area contributed by atoms with E-state index in [1.54, 1.807) is 12.4 Å². The van der Waals surface area contributed by atoms with Crippen molar-refractivity contribution in [2.75, 3.05) is 6.61 Å². The predicted molar refractivity (Wildman–Crippen MR) is 54.8 cm³/mol. The maximum Gasteiger partial charge on any atom is 0.0804 e. The van der Waals surface area contributed by atoms with Crippen LogP contribution in [0.25, 0.3) is 0 Å². The molecule has 78 valence electrons. The summed E-state index contributed by atoms with van der Waals surface area (Å²) in [6, 6.07) is 3.70. The van der Waals surface area contributed by atoms with Crippen LogP contribution in [-0.2, 0) is 0 Å². The summed E-state index contributed by atoms with van der Waals surface area (Å²) < 4.78 is 0. The lowest BCUT2D eigenvalue weighted by molar-refractivity contribution is 0.161. The average molecular weight is 195 g/mol. The molecule has 0 bridgehead atoms. The quantitative estimate of drug-likeness (QED) is 0.679. The molecule has 0 saturated carbocycles. The van der Waals surface area contributed by atoms with Gasteiger partial charge in [-0.3, -0.25) is 4.98 Å². The monoisotopic (exact) mass is 195 g/mol. The molecule has 0 aromatic carbocycles. The van der Waals surface area contributed by atoms with Crippen LogP contribution in [0.5, 0.6) is 0 Å². The highest BCUT2D eigenvalue weighted by Gasteiger charge is 2.05. The van der Waals surface area contributed by atoms with Crippen molar-refractivity contribution in [3.63, 3.8) is 0 Å². The molecule has 1 heterocycles. The van der Waals surface area contributed by atoms with Crippen molar-refractivity contribution >= 4 is 0 Å². The van der Waals surface area contributed by atoms with Crippen LogP contribution in [0.2, 0.25) is 0 Å². The lowest BCUT2D eigenvalue weighted by Crippen LogP contribution is -1.98. The van der Waals surface area contributed by atoms with E-state index in [9.17, 15) is 5.11 Å². The Morgan fingerprint density at radius 2 is 2.14 bits per heavy atom. The predicted octanol–water partition coefficient (Wildman–Crippen LogP) is 1.67. The van der Waals surface area contributed by atoms with Crippen LogP contribution in [0.15, 0.2) is 24.5 Å². The van der Waals surface area contributed by atoms with Crippen LogP contribution in [-0.4, -0.2) is 21.8 Å². The fraction of sp³-hybridized carbons (Fsp3) is 0.545. The lowest BCUT2D eigenvalue weighted by atomic mass is 10.1. The van der Waals surface area contributed by atoms with Crippen molar-refractivity contribution in [2.45, 2.75) is 31.8 Å². The summed E-state index contributed by atoms with van der Waals surface area (Å²) in [7, 11) is 0. The second-order valence-corrected chi connectivity index (χ2v) is 3.38. The van der Waals surface area contributed by atoms with E-state index in [2.05, 4.69) is 4.98 Å². The number of aromatic nitrogens is 1. The summed E-state index contributed by atoms with van der Waals surface area (Å²) >= 11 is 0. The van der Waals surface area contributed by atoms with Gasteiger partial charge in [-0.1, -0.05) is 18.9 Å². The normalized spacial score (nSPS) is 12.7. The molecule has 0 amide bonds. The van der Waals surface area contributed by atoms with Crippen molar-refractivity contribution in [3.8, 4) is 0 Å². The van der Waals surface area contributed by atoms with Gasteiger partial charge < -0.3 is 10.2 Å². The minimum atomic E-state index is -0.414. The highest BCUT2D eigenvalue weighted by Crippen LogP contribution is 2.17. The number of unbranched alkanes of at least 4 members (excludes halogenated alkanes) is 2. The average Bonchev–Trinajstić information content (AvgIpc) is 2.25. The number of aliphatic hydroxyl groups excluding tert-OH is 2. The smallest absolute Gasteiger partial charge is 0.0804 e. The van der Waals surface area contributed by atoms with Gasteiger partial charge in [-0.15, -0.1) is 0 Å². The molecule has 0 spiro atoms. The van der Waals surface area contributed by atoms with Crippen molar-refractivity contribution in [2.24, 2.45) is 0 Å². The van der Waals surface area contributed by atoms with E-state index in [4.69, 9.17) is 5.11 Å². The number of nitrogens with zero attached hydrogens (tertiary/aromatic N) is 1. The Labute approximate surface area is 84.4 Å². The maximum absolute atomic E-state index is 9.72. The Balaban J connectivity index is 2.25. The first-order valence-electron chi connectivity index (χ1n) is 5.03. The highest BCUT2D eigenvalue weighted by atomic mass is 16.3. The maximum atomic E-state index is 9.72. The molecule has 0 saturated heterocycles. The molecule has 3 nitrogen and oxygen atoms in total. The van der Waals surface area contributed by atoms with Gasteiger partial charge in [0.15, 0.2) is 0 Å². The third-order valence-corrected chi connectivity index (χ3v) is 2.20. The van der Waals surface area contributed by atoms with Gasteiger partial charge in [0.1, 0.15) is 0 Å². The lowest BCUT2D eigenvalue weighted by Gasteiger charge is -2.09. The number of pyridine rings is 1. The molecule has 0 aliphatic rings. The van der Waals surface area contributed by atoms with E-state index in [1.807, 2.05) is 12.1 Å². The molecule has 1 aromatic heterocycles. The first kappa shape index (κ1) is 11.1. The van der Waals surface area contributed by atoms with E-state index in [1.165, 1.54) is 0 Å². The molecular formula is C11H17NO2. The Hall–Kier alpha value is -0.930. The molecule has 1 atom stereocenters. The largest absolute Gasteiger partial charge is 0.396 e. The second kappa shape index (κ2) is 6.51. The topological polar surface area (TPSA) is 53.4 Å². The molecular weight excluding hydrogens is 178 g/mol. The Morgan fingerprint density at radius 3 is 2.79 bits per heavy atom. The fourth-order valence-electron chi connectivity index (χ4n) is 1.37. The van der Waals surface area contributed by atoms with Crippen molar-refractivity contribution in [1.29, 1.82) is 0 Å². The summed E-state index contributed by atoms with van der Waals surface area (Å²) in [6.07, 6.45) is 6.44. The summed E-state index contributed by atoms with van der Waals surface area (Å²) in [6.45, 7) is 0.239. The van der Waals surface area contributed by atoms with Crippen LogP contribution >= 0.6 is 0 Å². The van der Waals surface area contributed by atoms with Gasteiger partial charge >= 0.3 is 0 Å². The van der Waals surface area contributed by atoms with Crippen LogP contribution in [0.4, 0.5) is 0 Å². The van der Waals surface area contributed by atoms with Gasteiger partial charge in [0, 0.05) is 19.0 Å². The van der Waals surface area contributed by atoms with Crippen molar-refractivity contribution in [1.82, 2.24) is 4.98 Å². The summed E-state index contributed by atoms with van der Waals surface area (Å²) in [5.41, 5.74) is 0.872. The van der Waals surface area contributed by atoms with Gasteiger partial charge in [-0.2, -0.15) is 0 Å². The zero-order chi connectivity index (χ0) is 10.2. The molecule has 0 radical (unpaired) electrons. The van der Waals surface area contributed by atoms with E-state index in [0.717, 1.165) is 31.2 Å². The Kier molecular flexibility index (Phi) is 5.19. The van der Waals surface area contributed by atoms with Crippen LogP contribution in [0.3, 0.4) is 0 Å². The van der Waals surface area contributed by atoms with Gasteiger partial charge in [0.2, 0.25) is 0 Å². The fourth-order valence-corrected chi connectivity index (χ4v) is 1.37. The first-order chi connectivity index (χ1) is 6.84. The number of hydrogen-bond donors (Lipinski definition) is 2. The SMILES string of the molecule is OCCCCCC(O)c1cccnc1. The van der Waals surface area contributed by atoms with Crippen molar-refractivity contribution < 1.29 is 10.2 Å². The van der Waals surface area contributed by atoms with Crippen LogP contribution < -0.4 is 0 Å². The third-order valence-electron chi connectivity index (χ3n) is 2.20. The van der Waals surface area contributed by atoms with Crippen molar-refractivity contribution in [3.05, 3.63) is 30.1 Å². The summed E-state index contributed by atoms with van der Waals surface area (Å²) in [5, 5.41) is 18.3. The van der Waals surface area contributed by atoms with Crippen LogP contribution in [0, 0.1) is 0 Å². The molecule has 1 unspecified atom stereocenters. The van der Waals surface area contributed by atoms with E-state index < -0.39 is 6.10 Å². The molecule has 0 fully saturated rings. The van der Waals surface area contributed by atoms with E-state index in [-0.39, 0.29) is 6.61 Å². The zero-order valence-corrected chi connectivity index (χ0v) is 8.26. The molecule has 3 heteroatoms. The van der Waals surface area contributed by atoms with Gasteiger partial charge in [0.25, 0.3) is 0 Å². The van der Waals surface area contributed by atoms with Gasteiger partial charge in [0.05, 0.1) is 6.10 Å². The molecule has 0 aliphatic heterocycles. The second-order valence-electron chi connectivity index (χ2n) is 3.38. The number of hydrogen-bond acceptors (Lipinski definition) is 3. The number of rotatable bonds is 6. The summed E-state index contributed by atoms with van der Waals surface area (Å²) in [4.78, 5) is 3.95. The highest BCUT2D eigenvalue weighted by molar-refractivity contribution is 5.11. The van der Waals surface area contributed by atoms with E-state index in [0.29, 0.717) is 0 Å². The standard InChI is InChI=1S/C11H17NO2/c13-8-3-1-2-6-11(14)10-5-4-7-12-9-10/h4-5,7,9,11,13-14H,1-3,6,8H2. The van der Waals surface area contributed by atoms with E-state index >= 15 is 0 Å². The number of aliphatic hydroxyl groups is 2. The minimum absolute atomic E-state index is 0.239. The van der Waals surface area contributed by atoms with Gasteiger partial charge in [-0.05, 0) is 24.5 Å².